The smallest absolute Gasteiger partial charge is 0.262 e. The Morgan fingerprint density at radius 1 is 1.22 bits per heavy atom. The van der Waals surface area contributed by atoms with E-state index in [-0.39, 0.29) is 23.0 Å². The summed E-state index contributed by atoms with van der Waals surface area (Å²) in [7, 11) is -1.35. The molecule has 3 aromatic heterocycles. The lowest BCUT2D eigenvalue weighted by molar-refractivity contribution is 0.597. The van der Waals surface area contributed by atoms with Gasteiger partial charge < -0.3 is 4.57 Å². The van der Waals surface area contributed by atoms with Crippen LogP contribution in [0.3, 0.4) is 0 Å². The lowest BCUT2D eigenvalue weighted by atomic mass is 10.1. The lowest BCUT2D eigenvalue weighted by Crippen LogP contribution is -2.20. The van der Waals surface area contributed by atoms with Crippen molar-refractivity contribution in [1.29, 1.82) is 0 Å². The summed E-state index contributed by atoms with van der Waals surface area (Å²) in [6.45, 7) is 4.30. The van der Waals surface area contributed by atoms with Crippen LogP contribution >= 0.6 is 11.8 Å². The van der Waals surface area contributed by atoms with Gasteiger partial charge >= 0.3 is 0 Å². The van der Waals surface area contributed by atoms with Gasteiger partial charge in [0.1, 0.15) is 11.6 Å². The van der Waals surface area contributed by atoms with Crippen LogP contribution in [0, 0.1) is 0 Å². The zero-order chi connectivity index (χ0) is 22.5. The summed E-state index contributed by atoms with van der Waals surface area (Å²) in [6, 6.07) is 7.37. The number of rotatable bonds is 6. The molecule has 0 N–H and O–H groups in total. The number of para-hydroxylation sites is 1. The average molecular weight is 472 g/mol. The van der Waals surface area contributed by atoms with Gasteiger partial charge in [-0.1, -0.05) is 30.0 Å². The minimum absolute atomic E-state index is 0.0990. The third-order valence-electron chi connectivity index (χ3n) is 5.68. The van der Waals surface area contributed by atoms with E-state index in [0.717, 1.165) is 5.52 Å². The van der Waals surface area contributed by atoms with Crippen molar-refractivity contribution in [3.63, 3.8) is 0 Å². The molecule has 166 valence electrons. The van der Waals surface area contributed by atoms with E-state index in [0.29, 0.717) is 46.7 Å². The number of sulfone groups is 1. The molecule has 0 amide bonds. The highest BCUT2D eigenvalue weighted by molar-refractivity contribution is 7.98. The number of aromatic nitrogens is 7. The van der Waals surface area contributed by atoms with Crippen molar-refractivity contribution < 1.29 is 8.42 Å². The van der Waals surface area contributed by atoms with E-state index in [4.69, 9.17) is 0 Å². The van der Waals surface area contributed by atoms with Crippen LogP contribution in [0.25, 0.3) is 16.7 Å². The van der Waals surface area contributed by atoms with Crippen molar-refractivity contribution >= 4 is 38.3 Å². The van der Waals surface area contributed by atoms with E-state index < -0.39 is 9.84 Å². The fourth-order valence-electron chi connectivity index (χ4n) is 4.12. The second-order valence-corrected chi connectivity index (χ2v) is 10.9. The molecule has 0 aliphatic carbocycles. The van der Waals surface area contributed by atoms with Crippen LogP contribution in [-0.4, -0.2) is 53.9 Å². The number of hydrogen-bond donors (Lipinski definition) is 0. The molecule has 0 radical (unpaired) electrons. The second kappa shape index (κ2) is 7.85. The molecule has 0 saturated carbocycles. The molecule has 1 aliphatic heterocycles. The molecule has 1 atom stereocenters. The fourth-order valence-corrected chi connectivity index (χ4v) is 6.73. The summed E-state index contributed by atoms with van der Waals surface area (Å²) in [5.74, 6) is 2.38. The van der Waals surface area contributed by atoms with Crippen LogP contribution in [0.15, 0.2) is 46.9 Å². The first kappa shape index (κ1) is 20.9. The number of fused-ring (bicyclic) bond motifs is 3. The number of thioether (sulfide) groups is 1. The zero-order valence-corrected chi connectivity index (χ0v) is 19.0. The van der Waals surface area contributed by atoms with E-state index >= 15 is 0 Å². The molecule has 4 heterocycles. The first-order valence-corrected chi connectivity index (χ1v) is 12.9. The zero-order valence-electron chi connectivity index (χ0n) is 17.4. The Hall–Kier alpha value is -2.99. The third-order valence-corrected chi connectivity index (χ3v) is 8.41. The summed E-state index contributed by atoms with van der Waals surface area (Å²) in [5.41, 5.74) is 0.622. The molecule has 1 saturated heterocycles. The van der Waals surface area contributed by atoms with E-state index in [1.165, 1.54) is 16.3 Å². The van der Waals surface area contributed by atoms with Crippen LogP contribution in [0.5, 0.6) is 0 Å². The minimum atomic E-state index is -3.03. The fraction of sp³-hybridized carbons (Fsp3) is 0.350. The van der Waals surface area contributed by atoms with E-state index in [1.54, 1.807) is 19.2 Å². The van der Waals surface area contributed by atoms with Crippen LogP contribution in [0.2, 0.25) is 0 Å². The van der Waals surface area contributed by atoms with Crippen molar-refractivity contribution in [1.82, 2.24) is 33.9 Å². The Morgan fingerprint density at radius 3 is 2.78 bits per heavy atom. The second-order valence-electron chi connectivity index (χ2n) is 7.76. The molecule has 32 heavy (non-hydrogen) atoms. The highest BCUT2D eigenvalue weighted by atomic mass is 32.2. The topological polar surface area (TPSA) is 117 Å². The molecule has 0 spiro atoms. The van der Waals surface area contributed by atoms with Crippen LogP contribution in [-0.2, 0) is 29.2 Å². The van der Waals surface area contributed by atoms with Crippen molar-refractivity contribution in [2.24, 2.45) is 7.05 Å². The van der Waals surface area contributed by atoms with Gasteiger partial charge in [-0.15, -0.1) is 27.0 Å². The van der Waals surface area contributed by atoms with Gasteiger partial charge in [-0.05, 0) is 18.6 Å². The molecule has 12 heteroatoms. The Balaban J connectivity index is 1.50. The van der Waals surface area contributed by atoms with Gasteiger partial charge in [-0.25, -0.2) is 8.42 Å². The number of allylic oxidation sites excluding steroid dienone is 1. The summed E-state index contributed by atoms with van der Waals surface area (Å²) < 4.78 is 29.1. The number of aryl methyl sites for hydroxylation is 1. The van der Waals surface area contributed by atoms with E-state index in [9.17, 15) is 13.2 Å². The van der Waals surface area contributed by atoms with Crippen LogP contribution in [0.1, 0.15) is 24.0 Å². The predicted octanol–water partition coefficient (Wildman–Crippen LogP) is 1.55. The molecule has 4 aromatic rings. The minimum Gasteiger partial charge on any atom is -0.302 e. The van der Waals surface area contributed by atoms with Gasteiger partial charge in [0.2, 0.25) is 5.78 Å². The summed E-state index contributed by atoms with van der Waals surface area (Å²) in [4.78, 5) is 12.6. The molecule has 1 aromatic carbocycles. The van der Waals surface area contributed by atoms with Gasteiger partial charge in [0.15, 0.2) is 15.0 Å². The molecular weight excluding hydrogens is 450 g/mol. The van der Waals surface area contributed by atoms with Crippen molar-refractivity contribution in [2.45, 2.75) is 29.8 Å². The lowest BCUT2D eigenvalue weighted by Gasteiger charge is -2.11. The molecule has 1 fully saturated rings. The van der Waals surface area contributed by atoms with E-state index in [2.05, 4.69) is 27.0 Å². The van der Waals surface area contributed by atoms with Gasteiger partial charge in [-0.3, -0.25) is 13.8 Å². The number of hydrogen-bond acceptors (Lipinski definition) is 8. The normalized spacial score (nSPS) is 18.0. The molecule has 0 bridgehead atoms. The highest BCUT2D eigenvalue weighted by Crippen LogP contribution is 2.31. The van der Waals surface area contributed by atoms with Gasteiger partial charge in [0, 0.05) is 19.5 Å². The molecule has 5 rings (SSSR count). The summed E-state index contributed by atoms with van der Waals surface area (Å²) in [5, 5.41) is 18.4. The summed E-state index contributed by atoms with van der Waals surface area (Å²) in [6.07, 6.45) is 2.30. The van der Waals surface area contributed by atoms with Crippen molar-refractivity contribution in [3.8, 4) is 0 Å². The first-order chi connectivity index (χ1) is 15.4. The Labute approximate surface area is 187 Å². The molecule has 1 aliphatic rings. The maximum absolute atomic E-state index is 12.6. The molecule has 1 unspecified atom stereocenters. The van der Waals surface area contributed by atoms with Gasteiger partial charge in [0.25, 0.3) is 5.56 Å². The summed E-state index contributed by atoms with van der Waals surface area (Å²) >= 11 is 1.44. The largest absolute Gasteiger partial charge is 0.302 e. The maximum Gasteiger partial charge on any atom is 0.262 e. The van der Waals surface area contributed by atoms with Crippen molar-refractivity contribution in [2.75, 3.05) is 11.5 Å². The third kappa shape index (κ3) is 3.43. The van der Waals surface area contributed by atoms with E-state index in [1.807, 2.05) is 27.2 Å². The van der Waals surface area contributed by atoms with Crippen molar-refractivity contribution in [3.05, 3.63) is 58.9 Å². The molecular formula is C20H21N7O3S2. The first-order valence-electron chi connectivity index (χ1n) is 10.1. The predicted molar refractivity (Wildman–Crippen MR) is 122 cm³/mol. The number of benzene rings is 1. The Bertz CT molecular complexity index is 1520. The Kier molecular flexibility index (Phi) is 5.13. The van der Waals surface area contributed by atoms with Gasteiger partial charge in [0.05, 0.1) is 28.2 Å². The Morgan fingerprint density at radius 2 is 2.03 bits per heavy atom. The monoisotopic (exact) mass is 471 g/mol. The SMILES string of the molecule is C=CCn1c(SCc2nnc3n(C)c(=O)c4ccccc4n23)nnc1C1CCS(=O)(=O)C1. The molecule has 10 nitrogen and oxygen atoms in total. The van der Waals surface area contributed by atoms with Crippen LogP contribution < -0.4 is 5.56 Å². The number of nitrogens with zero attached hydrogens (tertiary/aromatic N) is 7. The maximum atomic E-state index is 12.6. The van der Waals surface area contributed by atoms with Gasteiger partial charge in [-0.2, -0.15) is 0 Å². The average Bonchev–Trinajstić information content (AvgIpc) is 3.47. The highest BCUT2D eigenvalue weighted by Gasteiger charge is 2.33. The quantitative estimate of drug-likeness (QED) is 0.307. The van der Waals surface area contributed by atoms with Crippen LogP contribution in [0.4, 0.5) is 0 Å². The standard InChI is InChI=1S/C20H21N7O3S2/c1-3-9-26-17(13-8-10-32(29,30)12-13)22-24-20(26)31-11-16-21-23-19-25(2)18(28)14-6-4-5-7-15(14)27(16)19/h3-7,13H,1,8-12H2,2H3.